The van der Waals surface area contributed by atoms with E-state index in [0.717, 1.165) is 25.2 Å². The summed E-state index contributed by atoms with van der Waals surface area (Å²) in [5.41, 5.74) is -0.355. The number of rotatable bonds is 1. The second kappa shape index (κ2) is 3.69. The van der Waals surface area contributed by atoms with E-state index in [2.05, 4.69) is 6.92 Å². The third-order valence-electron chi connectivity index (χ3n) is 2.34. The fourth-order valence-corrected chi connectivity index (χ4v) is 1.67. The van der Waals surface area contributed by atoms with Crippen LogP contribution in [-0.2, 0) is 9.53 Å². The topological polar surface area (TPSA) is 26.3 Å². The SMILES string of the molecule is CC1CCC[C]1C(=O)OC(C)(C)C. The van der Waals surface area contributed by atoms with Crippen LogP contribution in [0.4, 0.5) is 0 Å². The summed E-state index contributed by atoms with van der Waals surface area (Å²) in [7, 11) is 0. The maximum absolute atomic E-state index is 11.6. The van der Waals surface area contributed by atoms with Gasteiger partial charge < -0.3 is 4.74 Å². The van der Waals surface area contributed by atoms with Gasteiger partial charge in [0.15, 0.2) is 0 Å². The molecule has 0 heterocycles. The smallest absolute Gasteiger partial charge is 0.314 e. The zero-order valence-corrected chi connectivity index (χ0v) is 9.02. The fourth-order valence-electron chi connectivity index (χ4n) is 1.67. The van der Waals surface area contributed by atoms with Crippen LogP contribution in [0.2, 0.25) is 0 Å². The lowest BCUT2D eigenvalue weighted by Gasteiger charge is -2.23. The van der Waals surface area contributed by atoms with Gasteiger partial charge in [-0.25, -0.2) is 0 Å². The molecule has 2 heteroatoms. The molecule has 0 aliphatic heterocycles. The first-order valence-electron chi connectivity index (χ1n) is 4.99. The molecule has 0 aromatic carbocycles. The van der Waals surface area contributed by atoms with Crippen LogP contribution >= 0.6 is 0 Å². The zero-order chi connectivity index (χ0) is 10.1. The molecule has 1 fully saturated rings. The van der Waals surface area contributed by atoms with Gasteiger partial charge >= 0.3 is 5.97 Å². The number of carbonyl (C=O) groups is 1. The highest BCUT2D eigenvalue weighted by Crippen LogP contribution is 2.34. The molecule has 2 nitrogen and oxygen atoms in total. The Balaban J connectivity index is 2.48. The van der Waals surface area contributed by atoms with Gasteiger partial charge in [-0.1, -0.05) is 13.3 Å². The average molecular weight is 183 g/mol. The van der Waals surface area contributed by atoms with Gasteiger partial charge in [0, 0.05) is 0 Å². The molecule has 0 N–H and O–H groups in total. The Kier molecular flexibility index (Phi) is 2.99. The monoisotopic (exact) mass is 183 g/mol. The standard InChI is InChI=1S/C11H19O2/c1-8-6-5-7-9(8)10(12)13-11(2,3)4/h8H,5-7H2,1-4H3. The van der Waals surface area contributed by atoms with E-state index in [-0.39, 0.29) is 11.6 Å². The molecule has 13 heavy (non-hydrogen) atoms. The van der Waals surface area contributed by atoms with Crippen LogP contribution in [0.3, 0.4) is 0 Å². The Labute approximate surface area is 80.7 Å². The van der Waals surface area contributed by atoms with Gasteiger partial charge in [-0.05, 0) is 39.5 Å². The van der Waals surface area contributed by atoms with Crippen LogP contribution in [0.25, 0.3) is 0 Å². The van der Waals surface area contributed by atoms with E-state index in [4.69, 9.17) is 4.74 Å². The molecule has 1 atom stereocenters. The minimum Gasteiger partial charge on any atom is -0.460 e. The predicted octanol–water partition coefficient (Wildman–Crippen LogP) is 2.72. The van der Waals surface area contributed by atoms with Gasteiger partial charge in [0.25, 0.3) is 0 Å². The molecule has 75 valence electrons. The first-order valence-corrected chi connectivity index (χ1v) is 4.99. The van der Waals surface area contributed by atoms with Crippen molar-refractivity contribution in [2.45, 2.75) is 52.6 Å². The zero-order valence-electron chi connectivity index (χ0n) is 9.02. The summed E-state index contributed by atoms with van der Waals surface area (Å²) in [6.07, 6.45) is 3.19. The normalized spacial score (nSPS) is 24.8. The Morgan fingerprint density at radius 2 is 2.08 bits per heavy atom. The molecule has 0 aromatic heterocycles. The number of hydrogen-bond acceptors (Lipinski definition) is 2. The van der Waals surface area contributed by atoms with E-state index in [1.54, 1.807) is 0 Å². The van der Waals surface area contributed by atoms with Gasteiger partial charge in [0.2, 0.25) is 0 Å². The molecule has 1 radical (unpaired) electrons. The maximum Gasteiger partial charge on any atom is 0.314 e. The summed E-state index contributed by atoms with van der Waals surface area (Å²) < 4.78 is 5.32. The fraction of sp³-hybridized carbons (Fsp3) is 0.818. The summed E-state index contributed by atoms with van der Waals surface area (Å²) in [5.74, 6) is 1.32. The summed E-state index contributed by atoms with van der Waals surface area (Å²) in [4.78, 5) is 11.6. The van der Waals surface area contributed by atoms with Crippen molar-refractivity contribution in [1.29, 1.82) is 0 Å². The van der Waals surface area contributed by atoms with E-state index in [0.29, 0.717) is 5.92 Å². The largest absolute Gasteiger partial charge is 0.460 e. The third-order valence-corrected chi connectivity index (χ3v) is 2.34. The van der Waals surface area contributed by atoms with Crippen molar-refractivity contribution >= 4 is 5.97 Å². The highest BCUT2D eigenvalue weighted by Gasteiger charge is 2.33. The number of hydrogen-bond donors (Lipinski definition) is 0. The lowest BCUT2D eigenvalue weighted by molar-refractivity contribution is -0.153. The minimum absolute atomic E-state index is 0.0856. The molecule has 1 aliphatic carbocycles. The highest BCUT2D eigenvalue weighted by molar-refractivity contribution is 5.85. The van der Waals surface area contributed by atoms with Crippen LogP contribution in [0, 0.1) is 11.8 Å². The lowest BCUT2D eigenvalue weighted by Crippen LogP contribution is -2.28. The van der Waals surface area contributed by atoms with Crippen molar-refractivity contribution in [2.24, 2.45) is 5.92 Å². The van der Waals surface area contributed by atoms with E-state index in [1.807, 2.05) is 20.8 Å². The van der Waals surface area contributed by atoms with Crippen LogP contribution in [0.1, 0.15) is 47.0 Å². The van der Waals surface area contributed by atoms with E-state index >= 15 is 0 Å². The summed E-state index contributed by atoms with van der Waals surface area (Å²) in [5, 5.41) is 0. The van der Waals surface area contributed by atoms with Crippen molar-refractivity contribution in [3.8, 4) is 0 Å². The second-order valence-corrected chi connectivity index (χ2v) is 4.82. The second-order valence-electron chi connectivity index (χ2n) is 4.82. The van der Waals surface area contributed by atoms with Gasteiger partial charge in [-0.3, -0.25) is 4.79 Å². The lowest BCUT2D eigenvalue weighted by atomic mass is 9.98. The summed E-state index contributed by atoms with van der Waals surface area (Å²) in [6.45, 7) is 7.83. The summed E-state index contributed by atoms with van der Waals surface area (Å²) in [6, 6.07) is 0. The molecule has 0 aromatic rings. The molecule has 0 saturated heterocycles. The van der Waals surface area contributed by atoms with Gasteiger partial charge in [0.1, 0.15) is 5.60 Å². The van der Waals surface area contributed by atoms with Crippen molar-refractivity contribution in [3.05, 3.63) is 5.92 Å². The molecular weight excluding hydrogens is 164 g/mol. The summed E-state index contributed by atoms with van der Waals surface area (Å²) >= 11 is 0. The molecule has 1 saturated carbocycles. The number of ether oxygens (including phenoxy) is 1. The third kappa shape index (κ3) is 3.02. The van der Waals surface area contributed by atoms with Crippen molar-refractivity contribution < 1.29 is 9.53 Å². The van der Waals surface area contributed by atoms with Crippen molar-refractivity contribution in [2.75, 3.05) is 0 Å². The molecule has 0 bridgehead atoms. The van der Waals surface area contributed by atoms with Gasteiger partial charge in [-0.2, -0.15) is 0 Å². The van der Waals surface area contributed by atoms with Crippen molar-refractivity contribution in [3.63, 3.8) is 0 Å². The van der Waals surface area contributed by atoms with Crippen molar-refractivity contribution in [1.82, 2.24) is 0 Å². The van der Waals surface area contributed by atoms with Crippen LogP contribution in [0.15, 0.2) is 0 Å². The predicted molar refractivity (Wildman–Crippen MR) is 52.1 cm³/mol. The van der Waals surface area contributed by atoms with E-state index in [1.165, 1.54) is 0 Å². The molecule has 1 unspecified atom stereocenters. The Morgan fingerprint density at radius 3 is 2.46 bits per heavy atom. The molecule has 0 amide bonds. The molecule has 0 spiro atoms. The average Bonchev–Trinajstić information content (AvgIpc) is 2.30. The van der Waals surface area contributed by atoms with Gasteiger partial charge in [-0.15, -0.1) is 0 Å². The van der Waals surface area contributed by atoms with E-state index in [9.17, 15) is 4.79 Å². The van der Waals surface area contributed by atoms with Crippen LogP contribution in [0.5, 0.6) is 0 Å². The van der Waals surface area contributed by atoms with E-state index < -0.39 is 0 Å². The first-order chi connectivity index (χ1) is 5.90. The quantitative estimate of drug-likeness (QED) is 0.584. The number of esters is 1. The van der Waals surface area contributed by atoms with Gasteiger partial charge in [0.05, 0.1) is 5.92 Å². The highest BCUT2D eigenvalue weighted by atomic mass is 16.6. The molecule has 1 aliphatic rings. The number of carbonyl (C=O) groups excluding carboxylic acids is 1. The van der Waals surface area contributed by atoms with Crippen LogP contribution in [-0.4, -0.2) is 11.6 Å². The first kappa shape index (κ1) is 10.6. The Morgan fingerprint density at radius 1 is 1.46 bits per heavy atom. The molecular formula is C11H19O2. The molecule has 1 rings (SSSR count). The Bertz CT molecular complexity index is 191. The van der Waals surface area contributed by atoms with Crippen LogP contribution < -0.4 is 0 Å². The maximum atomic E-state index is 11.6. The Hall–Kier alpha value is -0.530. The minimum atomic E-state index is -0.355.